The average Bonchev–Trinajstić information content (AvgIpc) is 3.15. The number of hydrogen-bond donors (Lipinski definition) is 0. The van der Waals surface area contributed by atoms with Gasteiger partial charge in [0.15, 0.2) is 0 Å². The molecule has 1 aromatic carbocycles. The summed E-state index contributed by atoms with van der Waals surface area (Å²) in [5, 5.41) is 8.57. The van der Waals surface area contributed by atoms with Crippen molar-refractivity contribution in [3.05, 3.63) is 60.0 Å². The van der Waals surface area contributed by atoms with Crippen LogP contribution in [0.5, 0.6) is 0 Å². The fourth-order valence-corrected chi connectivity index (χ4v) is 2.68. The number of hydrogen-bond acceptors (Lipinski definition) is 3. The summed E-state index contributed by atoms with van der Waals surface area (Å²) in [7, 11) is 0. The lowest BCUT2D eigenvalue weighted by molar-refractivity contribution is 0.237. The summed E-state index contributed by atoms with van der Waals surface area (Å²) in [5.74, 6) is 0.185. The van der Waals surface area contributed by atoms with Crippen LogP contribution in [0.1, 0.15) is 31.0 Å². The number of carbonyl (C=O) groups excluding carboxylic acids is 1. The summed E-state index contributed by atoms with van der Waals surface area (Å²) in [5.41, 5.74) is 3.79. The first-order chi connectivity index (χ1) is 10.6. The van der Waals surface area contributed by atoms with Crippen molar-refractivity contribution >= 4 is 6.03 Å². The molecule has 0 unspecified atom stereocenters. The predicted molar refractivity (Wildman–Crippen MR) is 84.9 cm³/mol. The molecule has 3 rings (SSSR count). The molecule has 0 aliphatic carbocycles. The molecule has 2 aromatic heterocycles. The molecule has 5 heteroatoms. The van der Waals surface area contributed by atoms with Crippen LogP contribution < -0.4 is 0 Å². The monoisotopic (exact) mass is 294 g/mol. The SMILES string of the molecule is Cc1c(-c2ccccc2)nn(C(=O)n2cccn2)c1C(C)C. The normalized spacial score (nSPS) is 11.1. The second-order valence-electron chi connectivity index (χ2n) is 5.52. The number of carbonyl (C=O) groups is 1. The van der Waals surface area contributed by atoms with E-state index in [4.69, 9.17) is 0 Å². The maximum atomic E-state index is 12.6. The molecule has 0 aliphatic heterocycles. The molecule has 0 amide bonds. The Morgan fingerprint density at radius 2 is 1.86 bits per heavy atom. The number of nitrogens with zero attached hydrogens (tertiary/aromatic N) is 4. The van der Waals surface area contributed by atoms with Crippen LogP contribution in [0.15, 0.2) is 48.8 Å². The molecule has 22 heavy (non-hydrogen) atoms. The van der Waals surface area contributed by atoms with Crippen molar-refractivity contribution < 1.29 is 4.79 Å². The van der Waals surface area contributed by atoms with E-state index in [1.54, 1.807) is 18.5 Å². The first-order valence-electron chi connectivity index (χ1n) is 7.29. The molecular formula is C17H18N4O. The molecule has 0 atom stereocenters. The highest BCUT2D eigenvalue weighted by molar-refractivity contribution is 5.80. The van der Waals surface area contributed by atoms with Gasteiger partial charge < -0.3 is 0 Å². The van der Waals surface area contributed by atoms with Gasteiger partial charge in [0.2, 0.25) is 0 Å². The van der Waals surface area contributed by atoms with Gasteiger partial charge in [0.05, 0.1) is 11.4 Å². The van der Waals surface area contributed by atoms with E-state index in [1.807, 2.05) is 37.3 Å². The Kier molecular flexibility index (Phi) is 3.63. The van der Waals surface area contributed by atoms with Crippen LogP contribution in [0.4, 0.5) is 4.79 Å². The van der Waals surface area contributed by atoms with E-state index in [2.05, 4.69) is 24.0 Å². The number of aromatic nitrogens is 4. The zero-order valence-electron chi connectivity index (χ0n) is 12.9. The quantitative estimate of drug-likeness (QED) is 0.724. The Bertz CT molecular complexity index is 786. The van der Waals surface area contributed by atoms with Crippen LogP contribution in [0.25, 0.3) is 11.3 Å². The van der Waals surface area contributed by atoms with E-state index in [0.29, 0.717) is 0 Å². The van der Waals surface area contributed by atoms with Crippen molar-refractivity contribution in [2.24, 2.45) is 0 Å². The minimum atomic E-state index is -0.265. The van der Waals surface area contributed by atoms with Crippen molar-refractivity contribution in [2.45, 2.75) is 26.7 Å². The molecule has 0 bridgehead atoms. The average molecular weight is 294 g/mol. The van der Waals surface area contributed by atoms with Gasteiger partial charge in [-0.25, -0.2) is 4.79 Å². The minimum absolute atomic E-state index is 0.185. The fraction of sp³-hybridized carbons (Fsp3) is 0.235. The highest BCUT2D eigenvalue weighted by Crippen LogP contribution is 2.29. The van der Waals surface area contributed by atoms with E-state index in [9.17, 15) is 4.79 Å². The predicted octanol–water partition coefficient (Wildman–Crippen LogP) is 3.69. The van der Waals surface area contributed by atoms with E-state index in [-0.39, 0.29) is 11.9 Å². The molecule has 0 aliphatic rings. The van der Waals surface area contributed by atoms with E-state index >= 15 is 0 Å². The number of rotatable bonds is 2. The van der Waals surface area contributed by atoms with Crippen molar-refractivity contribution in [2.75, 3.05) is 0 Å². The lowest BCUT2D eigenvalue weighted by Crippen LogP contribution is -2.23. The van der Waals surface area contributed by atoms with Crippen LogP contribution >= 0.6 is 0 Å². The van der Waals surface area contributed by atoms with Crippen molar-refractivity contribution in [1.29, 1.82) is 0 Å². The molecule has 2 heterocycles. The Morgan fingerprint density at radius 1 is 1.14 bits per heavy atom. The van der Waals surface area contributed by atoms with Gasteiger partial charge >= 0.3 is 6.03 Å². The molecule has 0 saturated heterocycles. The smallest absolute Gasteiger partial charge is 0.244 e. The molecule has 0 fully saturated rings. The number of benzene rings is 1. The fourth-order valence-electron chi connectivity index (χ4n) is 2.68. The van der Waals surface area contributed by atoms with Gasteiger partial charge in [-0.1, -0.05) is 44.2 Å². The van der Waals surface area contributed by atoms with Crippen molar-refractivity contribution in [1.82, 2.24) is 19.6 Å². The summed E-state index contributed by atoms with van der Waals surface area (Å²) < 4.78 is 2.77. The van der Waals surface area contributed by atoms with Gasteiger partial charge in [-0.2, -0.15) is 19.6 Å². The third-order valence-corrected chi connectivity index (χ3v) is 3.64. The highest BCUT2D eigenvalue weighted by atomic mass is 16.2. The lowest BCUT2D eigenvalue weighted by Gasteiger charge is -2.09. The first kappa shape index (κ1) is 14.3. The Balaban J connectivity index is 2.16. The Labute approximate surface area is 129 Å². The summed E-state index contributed by atoms with van der Waals surface area (Å²) in [6.45, 7) is 6.13. The second-order valence-corrected chi connectivity index (χ2v) is 5.52. The maximum Gasteiger partial charge on any atom is 0.369 e. The van der Waals surface area contributed by atoms with Crippen LogP contribution in [-0.4, -0.2) is 25.6 Å². The van der Waals surface area contributed by atoms with Crippen molar-refractivity contribution in [3.63, 3.8) is 0 Å². The molecule has 5 nitrogen and oxygen atoms in total. The van der Waals surface area contributed by atoms with Crippen LogP contribution in [0, 0.1) is 6.92 Å². The first-order valence-corrected chi connectivity index (χ1v) is 7.29. The Morgan fingerprint density at radius 3 is 2.45 bits per heavy atom. The van der Waals surface area contributed by atoms with Crippen LogP contribution in [0.2, 0.25) is 0 Å². The summed E-state index contributed by atoms with van der Waals surface area (Å²) in [4.78, 5) is 12.6. The molecule has 0 spiro atoms. The van der Waals surface area contributed by atoms with Gasteiger partial charge in [-0.05, 0) is 24.5 Å². The second kappa shape index (κ2) is 5.60. The molecule has 3 aromatic rings. The van der Waals surface area contributed by atoms with Crippen molar-refractivity contribution in [3.8, 4) is 11.3 Å². The summed E-state index contributed by atoms with van der Waals surface area (Å²) in [6, 6.07) is 11.4. The van der Waals surface area contributed by atoms with Crippen LogP contribution in [0.3, 0.4) is 0 Å². The summed E-state index contributed by atoms with van der Waals surface area (Å²) in [6.07, 6.45) is 3.22. The van der Waals surface area contributed by atoms with Gasteiger partial charge in [-0.3, -0.25) is 0 Å². The minimum Gasteiger partial charge on any atom is -0.244 e. The topological polar surface area (TPSA) is 52.7 Å². The molecule has 0 radical (unpaired) electrons. The third-order valence-electron chi connectivity index (χ3n) is 3.64. The van der Waals surface area contributed by atoms with Gasteiger partial charge in [0, 0.05) is 18.0 Å². The summed E-state index contributed by atoms with van der Waals surface area (Å²) >= 11 is 0. The molecule has 112 valence electrons. The van der Waals surface area contributed by atoms with Crippen LogP contribution in [-0.2, 0) is 0 Å². The molecular weight excluding hydrogens is 276 g/mol. The Hall–Kier alpha value is -2.69. The molecule has 0 saturated carbocycles. The lowest BCUT2D eigenvalue weighted by atomic mass is 10.0. The van der Waals surface area contributed by atoms with E-state index < -0.39 is 0 Å². The standard InChI is InChI=1S/C17H18N4O/c1-12(2)16-13(3)15(14-8-5-4-6-9-14)19-21(16)17(22)20-11-7-10-18-20/h4-12H,1-3H3. The molecule has 0 N–H and O–H groups in total. The zero-order chi connectivity index (χ0) is 15.7. The van der Waals surface area contributed by atoms with E-state index in [0.717, 1.165) is 22.5 Å². The van der Waals surface area contributed by atoms with E-state index in [1.165, 1.54) is 9.36 Å². The van der Waals surface area contributed by atoms with Gasteiger partial charge in [0.1, 0.15) is 0 Å². The van der Waals surface area contributed by atoms with Gasteiger partial charge in [0.25, 0.3) is 0 Å². The highest BCUT2D eigenvalue weighted by Gasteiger charge is 2.23. The maximum absolute atomic E-state index is 12.6. The third kappa shape index (κ3) is 2.35. The van der Waals surface area contributed by atoms with Gasteiger partial charge in [-0.15, -0.1) is 0 Å². The largest absolute Gasteiger partial charge is 0.369 e. The zero-order valence-corrected chi connectivity index (χ0v) is 12.9.